The van der Waals surface area contributed by atoms with Crippen molar-refractivity contribution in [2.24, 2.45) is 11.8 Å². The third kappa shape index (κ3) is 3.29. The molecule has 0 aromatic heterocycles. The summed E-state index contributed by atoms with van der Waals surface area (Å²) in [7, 11) is 0. The third-order valence-electron chi connectivity index (χ3n) is 7.12. The number of fused-ring (bicyclic) bond motifs is 1. The van der Waals surface area contributed by atoms with Crippen LogP contribution < -0.4 is 4.90 Å². The molecule has 31 heavy (non-hydrogen) atoms. The van der Waals surface area contributed by atoms with Crippen LogP contribution in [0.25, 0.3) is 0 Å². The van der Waals surface area contributed by atoms with Crippen molar-refractivity contribution in [1.82, 2.24) is 0 Å². The van der Waals surface area contributed by atoms with Gasteiger partial charge in [0.25, 0.3) is 0 Å². The largest absolute Gasteiger partial charge is 0.274 e. The summed E-state index contributed by atoms with van der Waals surface area (Å²) in [6, 6.07) is 28.3. The lowest BCUT2D eigenvalue weighted by Gasteiger charge is -2.37. The normalized spacial score (nSPS) is 25.5. The van der Waals surface area contributed by atoms with Gasteiger partial charge in [0.15, 0.2) is 0 Å². The molecule has 156 valence electrons. The standard InChI is InChI=1S/C28H27NO2/c1-2-19-11-9-10-16-24(19)29-27(30)25-22(20-12-5-3-6-13-20)17-18-23(26(25)28(29)31)21-14-7-4-8-15-21/h3-16,22-23,25-26H,2,17-18H2,1H3/t22-,23-,25+,26+/m1/s1. The van der Waals surface area contributed by atoms with Crippen LogP contribution >= 0.6 is 0 Å². The van der Waals surface area contributed by atoms with Gasteiger partial charge in [0, 0.05) is 0 Å². The summed E-state index contributed by atoms with van der Waals surface area (Å²) in [5.41, 5.74) is 4.12. The summed E-state index contributed by atoms with van der Waals surface area (Å²) in [4.78, 5) is 29.3. The molecule has 3 nitrogen and oxygen atoms in total. The van der Waals surface area contributed by atoms with Crippen LogP contribution in [0.15, 0.2) is 84.9 Å². The number of aryl methyl sites for hydroxylation is 1. The second-order valence-corrected chi connectivity index (χ2v) is 8.66. The molecule has 0 N–H and O–H groups in total. The first-order valence-electron chi connectivity index (χ1n) is 11.3. The van der Waals surface area contributed by atoms with Gasteiger partial charge in [-0.05, 0) is 53.9 Å². The number of amides is 2. The number of imide groups is 1. The zero-order valence-electron chi connectivity index (χ0n) is 17.8. The Morgan fingerprint density at radius 2 is 1.13 bits per heavy atom. The number of hydrogen-bond donors (Lipinski definition) is 0. The van der Waals surface area contributed by atoms with E-state index >= 15 is 0 Å². The predicted molar refractivity (Wildman–Crippen MR) is 123 cm³/mol. The fraction of sp³-hybridized carbons (Fsp3) is 0.286. The number of hydrogen-bond acceptors (Lipinski definition) is 2. The second-order valence-electron chi connectivity index (χ2n) is 8.66. The molecule has 2 aliphatic rings. The lowest BCUT2D eigenvalue weighted by atomic mass is 9.64. The van der Waals surface area contributed by atoms with Gasteiger partial charge in [0.1, 0.15) is 0 Å². The molecule has 3 aromatic rings. The molecule has 1 saturated carbocycles. The van der Waals surface area contributed by atoms with E-state index in [1.807, 2.05) is 60.7 Å². The molecule has 1 aliphatic heterocycles. The topological polar surface area (TPSA) is 37.4 Å². The van der Waals surface area contributed by atoms with E-state index in [1.165, 1.54) is 4.90 Å². The van der Waals surface area contributed by atoms with E-state index in [9.17, 15) is 9.59 Å². The Bertz CT molecular complexity index is 1030. The summed E-state index contributed by atoms with van der Waals surface area (Å²) in [6.45, 7) is 2.07. The zero-order valence-corrected chi connectivity index (χ0v) is 17.8. The van der Waals surface area contributed by atoms with Gasteiger partial charge >= 0.3 is 0 Å². The molecular formula is C28H27NO2. The van der Waals surface area contributed by atoms with Gasteiger partial charge in [-0.3, -0.25) is 9.59 Å². The van der Waals surface area contributed by atoms with Crippen molar-refractivity contribution in [2.75, 3.05) is 4.90 Å². The highest BCUT2D eigenvalue weighted by atomic mass is 16.2. The van der Waals surface area contributed by atoms with E-state index in [2.05, 4.69) is 31.2 Å². The molecule has 1 heterocycles. The van der Waals surface area contributed by atoms with E-state index in [4.69, 9.17) is 0 Å². The summed E-state index contributed by atoms with van der Waals surface area (Å²) < 4.78 is 0. The van der Waals surface area contributed by atoms with Gasteiger partial charge in [-0.15, -0.1) is 0 Å². The molecule has 0 spiro atoms. The van der Waals surface area contributed by atoms with Gasteiger partial charge in [-0.2, -0.15) is 0 Å². The molecule has 3 aromatic carbocycles. The monoisotopic (exact) mass is 409 g/mol. The van der Waals surface area contributed by atoms with E-state index in [1.54, 1.807) is 0 Å². The lowest BCUT2D eigenvalue weighted by Crippen LogP contribution is -2.34. The van der Waals surface area contributed by atoms with E-state index in [0.29, 0.717) is 0 Å². The Balaban J connectivity index is 1.62. The van der Waals surface area contributed by atoms with Crippen LogP contribution in [0.1, 0.15) is 48.3 Å². The average molecular weight is 410 g/mol. The number of rotatable bonds is 4. The zero-order chi connectivity index (χ0) is 21.4. The van der Waals surface area contributed by atoms with E-state index < -0.39 is 0 Å². The molecule has 3 heteroatoms. The third-order valence-corrected chi connectivity index (χ3v) is 7.12. The quantitative estimate of drug-likeness (QED) is 0.517. The van der Waals surface area contributed by atoms with Gasteiger partial charge in [0.05, 0.1) is 17.5 Å². The summed E-state index contributed by atoms with van der Waals surface area (Å²) >= 11 is 0. The van der Waals surface area contributed by atoms with Gasteiger partial charge < -0.3 is 0 Å². The summed E-state index contributed by atoms with van der Waals surface area (Å²) in [5, 5.41) is 0. The number of carbonyl (C=O) groups excluding carboxylic acids is 2. The number of para-hydroxylation sites is 1. The van der Waals surface area contributed by atoms with E-state index in [-0.39, 0.29) is 35.5 Å². The van der Waals surface area contributed by atoms with Crippen molar-refractivity contribution in [3.05, 3.63) is 102 Å². The first kappa shape index (κ1) is 19.7. The van der Waals surface area contributed by atoms with Crippen LogP contribution in [0.4, 0.5) is 5.69 Å². The molecule has 5 rings (SSSR count). The van der Waals surface area contributed by atoms with Crippen LogP contribution in [0.2, 0.25) is 0 Å². The molecule has 0 radical (unpaired) electrons. The molecule has 4 atom stereocenters. The number of nitrogens with zero attached hydrogens (tertiary/aromatic N) is 1. The second kappa shape index (κ2) is 8.14. The highest BCUT2D eigenvalue weighted by molar-refractivity contribution is 6.23. The minimum Gasteiger partial charge on any atom is -0.274 e. The fourth-order valence-electron chi connectivity index (χ4n) is 5.69. The number of carbonyl (C=O) groups is 2. The van der Waals surface area contributed by atoms with Crippen LogP contribution in [0.5, 0.6) is 0 Å². The SMILES string of the molecule is CCc1ccccc1N1C(=O)[C@@H]2[C@@H](C1=O)[C@@H](c1ccccc1)CC[C@@H]2c1ccccc1. The molecule has 2 fully saturated rings. The molecule has 2 amide bonds. The number of benzene rings is 3. The maximum atomic E-state index is 13.9. The van der Waals surface area contributed by atoms with Gasteiger partial charge in [-0.1, -0.05) is 85.8 Å². The Morgan fingerprint density at radius 3 is 1.61 bits per heavy atom. The first-order valence-corrected chi connectivity index (χ1v) is 11.3. The smallest absolute Gasteiger partial charge is 0.238 e. The van der Waals surface area contributed by atoms with Crippen LogP contribution in [0.3, 0.4) is 0 Å². The van der Waals surface area contributed by atoms with Gasteiger partial charge in [-0.25, -0.2) is 4.90 Å². The maximum Gasteiger partial charge on any atom is 0.238 e. The van der Waals surface area contributed by atoms with Crippen molar-refractivity contribution in [3.63, 3.8) is 0 Å². The predicted octanol–water partition coefficient (Wildman–Crippen LogP) is 5.72. The van der Waals surface area contributed by atoms with Crippen molar-refractivity contribution in [2.45, 2.75) is 38.0 Å². The Kier molecular flexibility index (Phi) is 5.19. The fourth-order valence-corrected chi connectivity index (χ4v) is 5.69. The lowest BCUT2D eigenvalue weighted by molar-refractivity contribution is -0.122. The Hall–Kier alpha value is -3.20. The molecule has 1 aliphatic carbocycles. The highest BCUT2D eigenvalue weighted by Gasteiger charge is 2.57. The molecular weight excluding hydrogens is 382 g/mol. The van der Waals surface area contributed by atoms with Crippen molar-refractivity contribution < 1.29 is 9.59 Å². The van der Waals surface area contributed by atoms with Gasteiger partial charge in [0.2, 0.25) is 11.8 Å². The number of anilines is 1. The summed E-state index contributed by atoms with van der Waals surface area (Å²) in [5.74, 6) is -0.573. The first-order chi connectivity index (χ1) is 15.2. The Labute approximate surface area is 183 Å². The van der Waals surface area contributed by atoms with Crippen LogP contribution in [-0.4, -0.2) is 11.8 Å². The molecule has 1 saturated heterocycles. The Morgan fingerprint density at radius 1 is 0.677 bits per heavy atom. The molecule has 0 unspecified atom stereocenters. The summed E-state index contributed by atoms with van der Waals surface area (Å²) in [6.07, 6.45) is 2.60. The van der Waals surface area contributed by atoms with Crippen molar-refractivity contribution >= 4 is 17.5 Å². The van der Waals surface area contributed by atoms with E-state index in [0.717, 1.165) is 41.6 Å². The minimum atomic E-state index is -0.321. The molecule has 0 bridgehead atoms. The van der Waals surface area contributed by atoms with Crippen LogP contribution in [-0.2, 0) is 16.0 Å². The minimum absolute atomic E-state index is 0.0367. The highest BCUT2D eigenvalue weighted by Crippen LogP contribution is 2.53. The van der Waals surface area contributed by atoms with Crippen LogP contribution in [0, 0.1) is 11.8 Å². The van der Waals surface area contributed by atoms with Crippen molar-refractivity contribution in [3.8, 4) is 0 Å². The van der Waals surface area contributed by atoms with Crippen molar-refractivity contribution in [1.29, 1.82) is 0 Å². The maximum absolute atomic E-state index is 13.9. The average Bonchev–Trinajstić information content (AvgIpc) is 3.10.